The molecule has 0 spiro atoms. The van der Waals surface area contributed by atoms with Gasteiger partial charge in [-0.05, 0) is 50.9 Å². The first-order chi connectivity index (χ1) is 8.77. The lowest BCUT2D eigenvalue weighted by molar-refractivity contribution is -0.152. The fourth-order valence-electron chi connectivity index (χ4n) is 5.32. The van der Waals surface area contributed by atoms with E-state index in [4.69, 9.17) is 4.74 Å². The van der Waals surface area contributed by atoms with Crippen LogP contribution in [0.15, 0.2) is 12.2 Å². The number of esters is 1. The van der Waals surface area contributed by atoms with Crippen molar-refractivity contribution in [2.75, 3.05) is 7.11 Å². The third-order valence-electron chi connectivity index (χ3n) is 6.51. The highest BCUT2D eigenvalue weighted by molar-refractivity contribution is 5.77. The number of hydrogen-bond acceptors (Lipinski definition) is 3. The minimum atomic E-state index is -0.586. The van der Waals surface area contributed by atoms with Crippen LogP contribution in [-0.4, -0.2) is 23.8 Å². The van der Waals surface area contributed by atoms with Gasteiger partial charge in [-0.2, -0.15) is 0 Å². The number of carbonyl (C=O) groups is 1. The van der Waals surface area contributed by atoms with Crippen LogP contribution >= 0.6 is 0 Å². The van der Waals surface area contributed by atoms with Gasteiger partial charge in [0.25, 0.3) is 0 Å². The van der Waals surface area contributed by atoms with Gasteiger partial charge >= 0.3 is 5.97 Å². The first-order valence-electron chi connectivity index (χ1n) is 7.26. The van der Waals surface area contributed by atoms with Crippen molar-refractivity contribution in [2.24, 2.45) is 22.7 Å². The molecule has 3 rings (SSSR count). The molecule has 3 aliphatic rings. The first kappa shape index (κ1) is 13.2. The molecule has 3 heteroatoms. The smallest absolute Gasteiger partial charge is 0.311 e. The molecule has 106 valence electrons. The Kier molecular flexibility index (Phi) is 2.52. The lowest BCUT2D eigenvalue weighted by atomic mass is 9.68. The topological polar surface area (TPSA) is 46.5 Å². The van der Waals surface area contributed by atoms with Crippen molar-refractivity contribution in [2.45, 2.75) is 51.6 Å². The Labute approximate surface area is 115 Å². The third kappa shape index (κ3) is 1.40. The summed E-state index contributed by atoms with van der Waals surface area (Å²) in [5, 5.41) is 11.0. The van der Waals surface area contributed by atoms with E-state index in [2.05, 4.69) is 13.5 Å². The summed E-state index contributed by atoms with van der Waals surface area (Å²) in [7, 11) is 1.47. The van der Waals surface area contributed by atoms with Crippen molar-refractivity contribution in [1.82, 2.24) is 0 Å². The van der Waals surface area contributed by atoms with Gasteiger partial charge in [0.15, 0.2) is 0 Å². The van der Waals surface area contributed by atoms with Crippen LogP contribution in [0.5, 0.6) is 0 Å². The highest BCUT2D eigenvalue weighted by Crippen LogP contribution is 2.70. The van der Waals surface area contributed by atoms with Crippen LogP contribution in [0.3, 0.4) is 0 Å². The maximum absolute atomic E-state index is 12.0. The molecule has 0 aliphatic heterocycles. The van der Waals surface area contributed by atoms with Gasteiger partial charge in [0.05, 0.1) is 18.1 Å². The van der Waals surface area contributed by atoms with Crippen LogP contribution in [0.25, 0.3) is 0 Å². The van der Waals surface area contributed by atoms with Gasteiger partial charge in [-0.25, -0.2) is 0 Å². The molecule has 0 aromatic heterocycles. The van der Waals surface area contributed by atoms with Crippen molar-refractivity contribution in [3.63, 3.8) is 0 Å². The summed E-state index contributed by atoms with van der Waals surface area (Å²) in [5.41, 5.74) is 0.00838. The number of methoxy groups -OCH3 is 1. The van der Waals surface area contributed by atoms with Crippen molar-refractivity contribution in [3.8, 4) is 0 Å². The molecular weight excluding hydrogens is 240 g/mol. The largest absolute Gasteiger partial charge is 0.469 e. The van der Waals surface area contributed by atoms with Crippen LogP contribution in [0, 0.1) is 22.7 Å². The van der Waals surface area contributed by atoms with E-state index >= 15 is 0 Å². The van der Waals surface area contributed by atoms with Gasteiger partial charge in [-0.1, -0.05) is 19.1 Å². The quantitative estimate of drug-likeness (QED) is 0.585. The molecular formula is C16H24O3. The monoisotopic (exact) mass is 264 g/mol. The molecule has 5 atom stereocenters. The Hall–Kier alpha value is -0.830. The van der Waals surface area contributed by atoms with E-state index in [1.165, 1.54) is 12.7 Å². The van der Waals surface area contributed by atoms with Gasteiger partial charge in [-0.3, -0.25) is 4.79 Å². The van der Waals surface area contributed by atoms with E-state index in [9.17, 15) is 9.90 Å². The fourth-order valence-corrected chi connectivity index (χ4v) is 5.32. The standard InChI is InChI=1S/C16H24O3/c1-10-5-6-16(18)8-11-7-14(2,13(17)19-4)9-12(11)15(10,16)3/h11-12,18H,1,5-9H2,2-4H3/t11-,12-,14+,15+,16+/m1/s1. The number of rotatable bonds is 1. The zero-order valence-corrected chi connectivity index (χ0v) is 12.2. The Balaban J connectivity index is 1.94. The van der Waals surface area contributed by atoms with E-state index in [0.717, 1.165) is 32.1 Å². The van der Waals surface area contributed by atoms with Gasteiger partial charge < -0.3 is 9.84 Å². The van der Waals surface area contributed by atoms with Crippen molar-refractivity contribution in [1.29, 1.82) is 0 Å². The van der Waals surface area contributed by atoms with Crippen LogP contribution in [0.1, 0.15) is 46.0 Å². The van der Waals surface area contributed by atoms with Crippen molar-refractivity contribution in [3.05, 3.63) is 12.2 Å². The summed E-state index contributed by atoms with van der Waals surface area (Å²) in [6.07, 6.45) is 4.24. The second-order valence-corrected chi connectivity index (χ2v) is 7.37. The van der Waals surface area contributed by atoms with Gasteiger partial charge in [0.1, 0.15) is 0 Å². The highest BCUT2D eigenvalue weighted by Gasteiger charge is 2.68. The van der Waals surface area contributed by atoms with Gasteiger partial charge in [0, 0.05) is 5.41 Å². The molecule has 19 heavy (non-hydrogen) atoms. The van der Waals surface area contributed by atoms with Crippen molar-refractivity contribution < 1.29 is 14.6 Å². The lowest BCUT2D eigenvalue weighted by Gasteiger charge is -2.39. The van der Waals surface area contributed by atoms with Crippen LogP contribution < -0.4 is 0 Å². The fraction of sp³-hybridized carbons (Fsp3) is 0.812. The Bertz CT molecular complexity index is 457. The molecule has 0 saturated heterocycles. The number of carbonyl (C=O) groups excluding carboxylic acids is 1. The van der Waals surface area contributed by atoms with Gasteiger partial charge in [-0.15, -0.1) is 0 Å². The second-order valence-electron chi connectivity index (χ2n) is 7.37. The molecule has 0 unspecified atom stereocenters. The number of ether oxygens (including phenoxy) is 1. The summed E-state index contributed by atoms with van der Waals surface area (Å²) in [5.74, 6) is 0.699. The SMILES string of the molecule is C=C1CC[C@]2(O)C[C@H]3C[C@](C)(C(=O)OC)C[C@H]3[C@]12C. The lowest BCUT2D eigenvalue weighted by Crippen LogP contribution is -2.42. The average Bonchev–Trinajstić information content (AvgIpc) is 2.87. The van der Waals surface area contributed by atoms with E-state index < -0.39 is 5.60 Å². The van der Waals surface area contributed by atoms with Crippen molar-refractivity contribution >= 4 is 5.97 Å². The summed E-state index contributed by atoms with van der Waals surface area (Å²) in [6.45, 7) is 8.38. The molecule has 0 aromatic rings. The highest BCUT2D eigenvalue weighted by atomic mass is 16.5. The Morgan fingerprint density at radius 1 is 1.37 bits per heavy atom. The van der Waals surface area contributed by atoms with Crippen LogP contribution in [0.4, 0.5) is 0 Å². The van der Waals surface area contributed by atoms with E-state index in [1.54, 1.807) is 0 Å². The minimum Gasteiger partial charge on any atom is -0.469 e. The second kappa shape index (κ2) is 3.63. The molecule has 0 heterocycles. The molecule has 0 bridgehead atoms. The summed E-state index contributed by atoms with van der Waals surface area (Å²) >= 11 is 0. The molecule has 0 radical (unpaired) electrons. The van der Waals surface area contributed by atoms with Gasteiger partial charge in [0.2, 0.25) is 0 Å². The normalized spacial score (nSPS) is 52.1. The predicted octanol–water partition coefficient (Wildman–Crippen LogP) is 2.68. The maximum Gasteiger partial charge on any atom is 0.311 e. The summed E-state index contributed by atoms with van der Waals surface area (Å²) in [4.78, 5) is 12.0. The molecule has 0 amide bonds. The molecule has 3 saturated carbocycles. The van der Waals surface area contributed by atoms with Crippen LogP contribution in [-0.2, 0) is 9.53 Å². The predicted molar refractivity (Wildman–Crippen MR) is 72.4 cm³/mol. The maximum atomic E-state index is 12.0. The zero-order chi connectivity index (χ0) is 14.1. The van der Waals surface area contributed by atoms with E-state index in [-0.39, 0.29) is 16.8 Å². The Morgan fingerprint density at radius 3 is 2.68 bits per heavy atom. The molecule has 1 N–H and O–H groups in total. The molecule has 3 fully saturated rings. The third-order valence-corrected chi connectivity index (χ3v) is 6.51. The number of aliphatic hydroxyl groups is 1. The van der Waals surface area contributed by atoms with Crippen LogP contribution in [0.2, 0.25) is 0 Å². The molecule has 0 aromatic carbocycles. The number of hydrogen-bond donors (Lipinski definition) is 1. The zero-order valence-electron chi connectivity index (χ0n) is 12.2. The first-order valence-corrected chi connectivity index (χ1v) is 7.26. The summed E-state index contributed by atoms with van der Waals surface area (Å²) in [6, 6.07) is 0. The number of fused-ring (bicyclic) bond motifs is 3. The van der Waals surface area contributed by atoms with E-state index in [1.807, 2.05) is 6.92 Å². The van der Waals surface area contributed by atoms with E-state index in [0.29, 0.717) is 11.8 Å². The molecule has 3 nitrogen and oxygen atoms in total. The Morgan fingerprint density at radius 2 is 2.05 bits per heavy atom. The summed E-state index contributed by atoms with van der Waals surface area (Å²) < 4.78 is 4.97. The molecule has 3 aliphatic carbocycles. The average molecular weight is 264 g/mol. The minimum absolute atomic E-state index is 0.0994.